The molecule has 1 aliphatic carbocycles. The maximum absolute atomic E-state index is 13.3. The van der Waals surface area contributed by atoms with Gasteiger partial charge in [0.25, 0.3) is 5.91 Å². The zero-order valence-corrected chi connectivity index (χ0v) is 18.1. The highest BCUT2D eigenvalue weighted by atomic mass is 19.4. The summed E-state index contributed by atoms with van der Waals surface area (Å²) in [7, 11) is 0. The topological polar surface area (TPSA) is 88.5 Å². The normalized spacial score (nSPS) is 16.7. The zero-order chi connectivity index (χ0) is 23.7. The number of rotatable bonds is 7. The van der Waals surface area contributed by atoms with E-state index in [0.29, 0.717) is 37.3 Å². The lowest BCUT2D eigenvalue weighted by Gasteiger charge is -2.38. The number of alkyl halides is 3. The molecule has 0 N–H and O–H groups in total. The van der Waals surface area contributed by atoms with Gasteiger partial charge in [-0.3, -0.25) is 4.79 Å². The van der Waals surface area contributed by atoms with Crippen LogP contribution in [0, 0.1) is 0 Å². The monoisotopic (exact) mass is 473 g/mol. The van der Waals surface area contributed by atoms with E-state index in [4.69, 9.17) is 8.94 Å². The van der Waals surface area contributed by atoms with E-state index in [1.807, 2.05) is 34.1 Å². The van der Waals surface area contributed by atoms with Crippen LogP contribution in [-0.4, -0.2) is 57.3 Å². The Balaban J connectivity index is 1.21. The van der Waals surface area contributed by atoms with Crippen molar-refractivity contribution >= 4 is 11.9 Å². The Kier molecular flexibility index (Phi) is 5.84. The third kappa shape index (κ3) is 4.97. The first kappa shape index (κ1) is 22.2. The Morgan fingerprint density at radius 2 is 1.88 bits per heavy atom. The van der Waals surface area contributed by atoms with E-state index < -0.39 is 12.6 Å². The Hall–Kier alpha value is -3.63. The number of carbonyl (C=O) groups excluding carboxylic acids is 1. The molecule has 5 rings (SSSR count). The minimum Gasteiger partial charge on any atom is -0.444 e. The standard InChI is InChI=1S/C23H22F3N5O3/c24-23(25,26)10-7-20-28-22(34-29-20)30-11-8-18(9-12-30)31(17-5-6-17)21(32)16-3-1-15(2-4-16)19-13-27-14-33-19/h1-6,13-14,17-18H,7-12H2. The van der Waals surface area contributed by atoms with Gasteiger partial charge in [0.2, 0.25) is 0 Å². The predicted molar refractivity (Wildman–Crippen MR) is 115 cm³/mol. The van der Waals surface area contributed by atoms with Crippen LogP contribution in [0.3, 0.4) is 0 Å². The fourth-order valence-corrected chi connectivity index (χ4v) is 4.13. The Bertz CT molecular complexity index is 1140. The Morgan fingerprint density at radius 3 is 2.50 bits per heavy atom. The van der Waals surface area contributed by atoms with Crippen LogP contribution in [0.4, 0.5) is 19.2 Å². The van der Waals surface area contributed by atoms with Crippen LogP contribution in [0.15, 0.2) is 57.9 Å². The van der Waals surface area contributed by atoms with Gasteiger partial charge in [0.15, 0.2) is 18.0 Å². The van der Waals surface area contributed by atoms with Gasteiger partial charge in [-0.2, -0.15) is 18.2 Å². The molecule has 0 unspecified atom stereocenters. The molecule has 2 aliphatic rings. The van der Waals surface area contributed by atoms with Crippen molar-refractivity contribution in [2.45, 2.75) is 43.9 Å². The maximum atomic E-state index is 13.3. The fourth-order valence-electron chi connectivity index (χ4n) is 4.13. The largest absolute Gasteiger partial charge is 0.444 e. The second kappa shape index (κ2) is 8.96. The van der Waals surface area contributed by atoms with Crippen LogP contribution in [-0.2, 0) is 6.42 Å². The van der Waals surface area contributed by atoms with Crippen LogP contribution >= 0.6 is 0 Å². The number of hydrogen-bond acceptors (Lipinski definition) is 7. The number of hydrogen-bond donors (Lipinski definition) is 0. The van der Waals surface area contributed by atoms with Gasteiger partial charge in [-0.1, -0.05) is 29.4 Å². The van der Waals surface area contributed by atoms with E-state index in [-0.39, 0.29) is 36.3 Å². The lowest BCUT2D eigenvalue weighted by molar-refractivity contribution is -0.134. The van der Waals surface area contributed by atoms with Gasteiger partial charge in [-0.05, 0) is 25.0 Å². The van der Waals surface area contributed by atoms with Gasteiger partial charge in [-0.15, -0.1) is 0 Å². The number of carbonyl (C=O) groups is 1. The highest BCUT2D eigenvalue weighted by Gasteiger charge is 2.36. The molecule has 0 radical (unpaired) electrons. The number of piperidine rings is 1. The summed E-state index contributed by atoms with van der Waals surface area (Å²) < 4.78 is 47.7. The van der Waals surface area contributed by atoms with Crippen molar-refractivity contribution < 1.29 is 26.9 Å². The molecular weight excluding hydrogens is 451 g/mol. The molecule has 1 aromatic carbocycles. The van der Waals surface area contributed by atoms with Crippen molar-refractivity contribution in [3.8, 4) is 11.3 Å². The molecule has 1 saturated heterocycles. The second-order valence-corrected chi connectivity index (χ2v) is 8.36. The van der Waals surface area contributed by atoms with E-state index in [0.717, 1.165) is 5.56 Å². The van der Waals surface area contributed by atoms with Crippen LogP contribution < -0.4 is 4.90 Å². The van der Waals surface area contributed by atoms with Crippen molar-refractivity contribution in [2.24, 2.45) is 0 Å². The van der Waals surface area contributed by atoms with Gasteiger partial charge in [-0.25, -0.2) is 4.98 Å². The number of benzene rings is 1. The van der Waals surface area contributed by atoms with Crippen LogP contribution in [0.5, 0.6) is 0 Å². The molecule has 0 atom stereocenters. The van der Waals surface area contributed by atoms with Gasteiger partial charge < -0.3 is 18.7 Å². The van der Waals surface area contributed by atoms with Crippen molar-refractivity contribution in [1.29, 1.82) is 0 Å². The summed E-state index contributed by atoms with van der Waals surface area (Å²) in [6, 6.07) is 7.47. The molecule has 0 bridgehead atoms. The fraction of sp³-hybridized carbons (Fsp3) is 0.391. The number of nitrogens with zero attached hydrogens (tertiary/aromatic N) is 5. The average Bonchev–Trinajstić information content (AvgIpc) is 3.31. The van der Waals surface area contributed by atoms with E-state index in [1.165, 1.54) is 6.39 Å². The summed E-state index contributed by atoms with van der Waals surface area (Å²) >= 11 is 0. The molecule has 3 heterocycles. The summed E-state index contributed by atoms with van der Waals surface area (Å²) in [5.74, 6) is 0.627. The van der Waals surface area contributed by atoms with Crippen LogP contribution in [0.2, 0.25) is 0 Å². The number of halogens is 3. The molecule has 3 aromatic rings. The highest BCUT2D eigenvalue weighted by Crippen LogP contribution is 2.29. The predicted octanol–water partition coefficient (Wildman–Crippen LogP) is 4.27. The molecule has 0 spiro atoms. The van der Waals surface area contributed by atoms with Gasteiger partial charge in [0.05, 0.1) is 18.7 Å². The lowest BCUT2D eigenvalue weighted by atomic mass is 10.0. The SMILES string of the molecule is O=C(c1ccc(-c2cnco2)cc1)N(C1C=C1)C1CCN(c2nc(CCC(F)(F)F)no2)CC1. The third-order valence-electron chi connectivity index (χ3n) is 5.99. The van der Waals surface area contributed by atoms with Gasteiger partial charge >= 0.3 is 12.2 Å². The molecule has 11 heteroatoms. The molecule has 34 heavy (non-hydrogen) atoms. The lowest BCUT2D eigenvalue weighted by Crippen LogP contribution is -2.49. The molecule has 178 valence electrons. The van der Waals surface area contributed by atoms with Crippen LogP contribution in [0.1, 0.15) is 35.4 Å². The second-order valence-electron chi connectivity index (χ2n) is 8.36. The zero-order valence-electron chi connectivity index (χ0n) is 18.1. The molecule has 0 saturated carbocycles. The molecule has 8 nitrogen and oxygen atoms in total. The van der Waals surface area contributed by atoms with Crippen molar-refractivity contribution in [2.75, 3.05) is 18.0 Å². The first-order valence-corrected chi connectivity index (χ1v) is 11.0. The average molecular weight is 473 g/mol. The van der Waals surface area contributed by atoms with Gasteiger partial charge in [0, 0.05) is 36.7 Å². The third-order valence-corrected chi connectivity index (χ3v) is 5.99. The number of anilines is 1. The number of amides is 1. The summed E-state index contributed by atoms with van der Waals surface area (Å²) in [6.07, 6.45) is 2.75. The summed E-state index contributed by atoms with van der Waals surface area (Å²) in [5, 5.41) is 3.67. The summed E-state index contributed by atoms with van der Waals surface area (Å²) in [6.45, 7) is 1.12. The minimum absolute atomic E-state index is 0.00428. The molecule has 1 fully saturated rings. The van der Waals surface area contributed by atoms with E-state index >= 15 is 0 Å². The number of oxazole rings is 1. The first-order chi connectivity index (χ1) is 16.4. The smallest absolute Gasteiger partial charge is 0.389 e. The van der Waals surface area contributed by atoms with E-state index in [1.54, 1.807) is 18.3 Å². The summed E-state index contributed by atoms with van der Waals surface area (Å²) in [4.78, 5) is 25.1. The van der Waals surface area contributed by atoms with E-state index in [2.05, 4.69) is 15.1 Å². The first-order valence-electron chi connectivity index (χ1n) is 11.0. The van der Waals surface area contributed by atoms with Gasteiger partial charge in [0.1, 0.15) is 0 Å². The Labute approximate surface area is 193 Å². The number of aryl methyl sites for hydroxylation is 1. The van der Waals surface area contributed by atoms with Crippen molar-refractivity contribution in [3.63, 3.8) is 0 Å². The molecule has 1 amide bonds. The van der Waals surface area contributed by atoms with Crippen molar-refractivity contribution in [3.05, 3.63) is 60.4 Å². The minimum atomic E-state index is -4.26. The quantitative estimate of drug-likeness (QED) is 0.474. The molecular formula is C23H22F3N5O3. The van der Waals surface area contributed by atoms with Crippen molar-refractivity contribution in [1.82, 2.24) is 20.0 Å². The number of aromatic nitrogens is 3. The van der Waals surface area contributed by atoms with Crippen LogP contribution in [0.25, 0.3) is 11.3 Å². The summed E-state index contributed by atoms with van der Waals surface area (Å²) in [5.41, 5.74) is 1.43. The highest BCUT2D eigenvalue weighted by molar-refractivity contribution is 5.95. The Morgan fingerprint density at radius 1 is 1.15 bits per heavy atom. The molecule has 2 aromatic heterocycles. The maximum Gasteiger partial charge on any atom is 0.389 e. The van der Waals surface area contributed by atoms with E-state index in [9.17, 15) is 18.0 Å². The molecule has 1 aliphatic heterocycles.